The Morgan fingerprint density at radius 2 is 2.10 bits per heavy atom. The zero-order chi connectivity index (χ0) is 20.4. The first kappa shape index (κ1) is 20.4. The van der Waals surface area contributed by atoms with Gasteiger partial charge in [-0.2, -0.15) is 4.31 Å². The van der Waals surface area contributed by atoms with E-state index < -0.39 is 15.9 Å². The van der Waals surface area contributed by atoms with Crippen molar-refractivity contribution in [2.75, 3.05) is 18.4 Å². The summed E-state index contributed by atoms with van der Waals surface area (Å²) in [5, 5.41) is 5.12. The number of aromatic nitrogens is 2. The Labute approximate surface area is 181 Å². The Bertz CT molecular complexity index is 1110. The molecule has 4 heterocycles. The second kappa shape index (κ2) is 8.49. The molecule has 0 radical (unpaired) electrons. The first-order valence-corrected chi connectivity index (χ1v) is 12.4. The molecule has 1 aliphatic rings. The van der Waals surface area contributed by atoms with Gasteiger partial charge in [-0.05, 0) is 37.1 Å². The molecule has 7 nitrogen and oxygen atoms in total. The molecule has 152 valence electrons. The van der Waals surface area contributed by atoms with Crippen LogP contribution < -0.4 is 5.32 Å². The van der Waals surface area contributed by atoms with Gasteiger partial charge >= 0.3 is 0 Å². The maximum atomic E-state index is 12.8. The van der Waals surface area contributed by atoms with Gasteiger partial charge in [0.25, 0.3) is 10.0 Å². The lowest BCUT2D eigenvalue weighted by atomic mass is 9.99. The smallest absolute Gasteiger partial charge is 0.252 e. The molecule has 11 heteroatoms. The number of amides is 1. The molecule has 3 aromatic heterocycles. The minimum atomic E-state index is -3.65. The van der Waals surface area contributed by atoms with Crippen molar-refractivity contribution in [1.29, 1.82) is 0 Å². The molecule has 4 rings (SSSR count). The quantitative estimate of drug-likeness (QED) is 0.611. The number of nitrogens with one attached hydrogen (secondary N) is 1. The van der Waals surface area contributed by atoms with Gasteiger partial charge in [0, 0.05) is 24.7 Å². The molecular formula is C18H17ClN4O3S3. The highest BCUT2D eigenvalue weighted by atomic mass is 35.5. The molecule has 0 aliphatic carbocycles. The summed E-state index contributed by atoms with van der Waals surface area (Å²) in [5.41, 5.74) is 1.42. The van der Waals surface area contributed by atoms with E-state index in [0.29, 0.717) is 34.5 Å². The average molecular weight is 469 g/mol. The minimum absolute atomic E-state index is 0.141. The van der Waals surface area contributed by atoms with Gasteiger partial charge in [-0.3, -0.25) is 9.78 Å². The number of carbonyl (C=O) groups excluding carboxylic acids is 1. The minimum Gasteiger partial charge on any atom is -0.302 e. The van der Waals surface area contributed by atoms with Crippen LogP contribution in [0.4, 0.5) is 5.13 Å². The molecular weight excluding hydrogens is 452 g/mol. The number of hydrogen-bond acceptors (Lipinski definition) is 7. The summed E-state index contributed by atoms with van der Waals surface area (Å²) >= 11 is 8.22. The molecule has 1 amide bonds. The SMILES string of the molecule is O=C(Nc1nc(-c2ccccn2)cs1)C1CCCN(S(=O)(=O)c2ccc(Cl)s2)C1. The molecule has 0 spiro atoms. The van der Waals surface area contributed by atoms with E-state index in [9.17, 15) is 13.2 Å². The van der Waals surface area contributed by atoms with Crippen LogP contribution in [0.3, 0.4) is 0 Å². The molecule has 1 N–H and O–H groups in total. The van der Waals surface area contributed by atoms with Gasteiger partial charge in [-0.15, -0.1) is 22.7 Å². The molecule has 0 aromatic carbocycles. The van der Waals surface area contributed by atoms with Crippen LogP contribution >= 0.6 is 34.3 Å². The molecule has 0 bridgehead atoms. The van der Waals surface area contributed by atoms with Gasteiger partial charge in [0.1, 0.15) is 9.90 Å². The summed E-state index contributed by atoms with van der Waals surface area (Å²) < 4.78 is 27.6. The highest BCUT2D eigenvalue weighted by Crippen LogP contribution is 2.31. The third kappa shape index (κ3) is 4.51. The number of thiazole rings is 1. The maximum Gasteiger partial charge on any atom is 0.252 e. The molecule has 1 unspecified atom stereocenters. The number of pyridine rings is 1. The lowest BCUT2D eigenvalue weighted by Gasteiger charge is -2.30. The Morgan fingerprint density at radius 1 is 1.24 bits per heavy atom. The molecule has 1 fully saturated rings. The predicted octanol–water partition coefficient (Wildman–Crippen LogP) is 3.96. The Kier molecular flexibility index (Phi) is 5.98. The molecule has 3 aromatic rings. The van der Waals surface area contributed by atoms with Crippen LogP contribution in [0.15, 0.2) is 46.1 Å². The van der Waals surface area contributed by atoms with Crippen molar-refractivity contribution in [2.45, 2.75) is 17.1 Å². The van der Waals surface area contributed by atoms with E-state index >= 15 is 0 Å². The van der Waals surface area contributed by atoms with Crippen LogP contribution in [0, 0.1) is 5.92 Å². The van der Waals surface area contributed by atoms with E-state index in [-0.39, 0.29) is 16.7 Å². The summed E-state index contributed by atoms with van der Waals surface area (Å²) in [6.45, 7) is 0.533. The Morgan fingerprint density at radius 3 is 2.83 bits per heavy atom. The topological polar surface area (TPSA) is 92.3 Å². The lowest BCUT2D eigenvalue weighted by molar-refractivity contribution is -0.120. The predicted molar refractivity (Wildman–Crippen MR) is 115 cm³/mol. The van der Waals surface area contributed by atoms with E-state index in [0.717, 1.165) is 17.0 Å². The molecule has 1 atom stereocenters. The fourth-order valence-electron chi connectivity index (χ4n) is 3.11. The monoisotopic (exact) mass is 468 g/mol. The zero-order valence-corrected chi connectivity index (χ0v) is 18.3. The zero-order valence-electron chi connectivity index (χ0n) is 15.1. The van der Waals surface area contributed by atoms with E-state index in [1.165, 1.54) is 21.7 Å². The molecule has 29 heavy (non-hydrogen) atoms. The number of thiophene rings is 1. The molecule has 1 aliphatic heterocycles. The number of hydrogen-bond donors (Lipinski definition) is 1. The van der Waals surface area contributed by atoms with Gasteiger partial charge in [-0.1, -0.05) is 17.7 Å². The van der Waals surface area contributed by atoms with Gasteiger partial charge in [0.2, 0.25) is 5.91 Å². The third-order valence-corrected chi connectivity index (χ3v) is 8.88. The van der Waals surface area contributed by atoms with Gasteiger partial charge in [0.05, 0.1) is 15.9 Å². The van der Waals surface area contributed by atoms with Crippen molar-refractivity contribution >= 4 is 55.3 Å². The Balaban J connectivity index is 1.44. The van der Waals surface area contributed by atoms with Crippen molar-refractivity contribution in [3.8, 4) is 11.4 Å². The summed E-state index contributed by atoms with van der Waals surface area (Å²) in [6.07, 6.45) is 2.93. The van der Waals surface area contributed by atoms with Crippen molar-refractivity contribution < 1.29 is 13.2 Å². The summed E-state index contributed by atoms with van der Waals surface area (Å²) in [7, 11) is -3.65. The number of rotatable bonds is 5. The van der Waals surface area contributed by atoms with E-state index in [2.05, 4.69) is 15.3 Å². The number of sulfonamides is 1. The number of piperidine rings is 1. The van der Waals surface area contributed by atoms with E-state index in [1.807, 2.05) is 23.6 Å². The lowest BCUT2D eigenvalue weighted by Crippen LogP contribution is -2.43. The van der Waals surface area contributed by atoms with Crippen LogP contribution in [-0.4, -0.2) is 41.7 Å². The van der Waals surface area contributed by atoms with Gasteiger partial charge in [-0.25, -0.2) is 13.4 Å². The third-order valence-electron chi connectivity index (χ3n) is 4.56. The second-order valence-corrected chi connectivity index (χ2v) is 11.2. The number of nitrogens with zero attached hydrogens (tertiary/aromatic N) is 3. The molecule has 0 saturated carbocycles. The largest absolute Gasteiger partial charge is 0.302 e. The normalized spacial score (nSPS) is 17.9. The van der Waals surface area contributed by atoms with Gasteiger partial charge < -0.3 is 5.32 Å². The number of halogens is 1. The fraction of sp³-hybridized carbons (Fsp3) is 0.278. The molecule has 1 saturated heterocycles. The van der Waals surface area contributed by atoms with Gasteiger partial charge in [0.15, 0.2) is 5.13 Å². The first-order chi connectivity index (χ1) is 13.9. The highest BCUT2D eigenvalue weighted by Gasteiger charge is 2.34. The fourth-order valence-corrected chi connectivity index (χ4v) is 6.98. The van der Waals surface area contributed by atoms with E-state index in [1.54, 1.807) is 12.3 Å². The van der Waals surface area contributed by atoms with Crippen LogP contribution in [0.5, 0.6) is 0 Å². The van der Waals surface area contributed by atoms with Crippen molar-refractivity contribution in [3.05, 3.63) is 46.2 Å². The van der Waals surface area contributed by atoms with E-state index in [4.69, 9.17) is 11.6 Å². The number of carbonyl (C=O) groups is 1. The Hall–Kier alpha value is -1.85. The average Bonchev–Trinajstić information content (AvgIpc) is 3.38. The van der Waals surface area contributed by atoms with Crippen molar-refractivity contribution in [1.82, 2.24) is 14.3 Å². The van der Waals surface area contributed by atoms with Crippen LogP contribution in [0.1, 0.15) is 12.8 Å². The van der Waals surface area contributed by atoms with Crippen molar-refractivity contribution in [2.24, 2.45) is 5.92 Å². The van der Waals surface area contributed by atoms with Crippen LogP contribution in [-0.2, 0) is 14.8 Å². The van der Waals surface area contributed by atoms with Crippen molar-refractivity contribution in [3.63, 3.8) is 0 Å². The van der Waals surface area contributed by atoms with Crippen LogP contribution in [0.2, 0.25) is 4.34 Å². The number of anilines is 1. The highest BCUT2D eigenvalue weighted by molar-refractivity contribution is 7.91. The maximum absolute atomic E-state index is 12.8. The standard InChI is InChI=1S/C18H17ClN4O3S3/c19-15-6-7-16(28-15)29(25,26)23-9-3-4-12(10-23)17(24)22-18-21-14(11-27-18)13-5-1-2-8-20-13/h1-2,5-8,11-12H,3-4,9-10H2,(H,21,22,24). The second-order valence-electron chi connectivity index (χ2n) is 6.50. The summed E-state index contributed by atoms with van der Waals surface area (Å²) in [6, 6.07) is 8.61. The van der Waals surface area contributed by atoms with Crippen LogP contribution in [0.25, 0.3) is 11.4 Å². The first-order valence-electron chi connectivity index (χ1n) is 8.87. The summed E-state index contributed by atoms with van der Waals surface area (Å²) in [5.74, 6) is -0.660. The summed E-state index contributed by atoms with van der Waals surface area (Å²) in [4.78, 5) is 21.4.